The van der Waals surface area contributed by atoms with Crippen LogP contribution >= 0.6 is 11.3 Å². The SMILES string of the molecule is COC(=O)c1cc(OC)c2nc(N3C4CCC3C(C)C(OCc3c(-c5ccccc5OC(F)(F)F)noc3C3CC3)C4)sc2c1. The average molecular weight is 644 g/mol. The van der Waals surface area contributed by atoms with Crippen LogP contribution in [0.5, 0.6) is 11.5 Å². The summed E-state index contributed by atoms with van der Waals surface area (Å²) in [4.78, 5) is 19.6. The van der Waals surface area contributed by atoms with Gasteiger partial charge in [0.05, 0.1) is 37.2 Å². The van der Waals surface area contributed by atoms with Crippen LogP contribution in [-0.4, -0.2) is 54.9 Å². The molecule has 0 N–H and O–H groups in total. The molecule has 3 aliphatic rings. The van der Waals surface area contributed by atoms with Gasteiger partial charge >= 0.3 is 12.3 Å². The van der Waals surface area contributed by atoms with Crippen molar-refractivity contribution in [2.45, 2.75) is 76.1 Å². The molecule has 1 aliphatic carbocycles. The Morgan fingerprint density at radius 2 is 1.91 bits per heavy atom. The Balaban J connectivity index is 1.13. The zero-order chi connectivity index (χ0) is 31.5. The summed E-state index contributed by atoms with van der Waals surface area (Å²) >= 11 is 1.53. The molecule has 13 heteroatoms. The van der Waals surface area contributed by atoms with Crippen LogP contribution < -0.4 is 14.4 Å². The normalized spacial score (nSPS) is 23.0. The third kappa shape index (κ3) is 5.60. The van der Waals surface area contributed by atoms with Crippen molar-refractivity contribution in [3.63, 3.8) is 0 Å². The molecule has 238 valence electrons. The number of esters is 1. The van der Waals surface area contributed by atoms with Gasteiger partial charge in [0.1, 0.15) is 28.5 Å². The zero-order valence-electron chi connectivity index (χ0n) is 24.9. The first-order valence-corrected chi connectivity index (χ1v) is 15.8. The van der Waals surface area contributed by atoms with Crippen LogP contribution in [0.2, 0.25) is 0 Å². The highest BCUT2D eigenvalue weighted by Crippen LogP contribution is 2.48. The predicted octanol–water partition coefficient (Wildman–Crippen LogP) is 7.49. The van der Waals surface area contributed by atoms with Crippen LogP contribution in [0.4, 0.5) is 18.3 Å². The number of carbonyl (C=O) groups is 1. The molecule has 4 atom stereocenters. The molecule has 1 saturated carbocycles. The molecular weight excluding hydrogens is 611 g/mol. The number of alkyl halides is 3. The number of thiazole rings is 1. The van der Waals surface area contributed by atoms with E-state index in [-0.39, 0.29) is 47.9 Å². The summed E-state index contributed by atoms with van der Waals surface area (Å²) < 4.78 is 67.5. The molecule has 0 radical (unpaired) electrons. The van der Waals surface area contributed by atoms with Gasteiger partial charge in [0.15, 0.2) is 5.13 Å². The second kappa shape index (κ2) is 11.5. The second-order valence-corrected chi connectivity index (χ2v) is 12.9. The average Bonchev–Trinajstić information content (AvgIpc) is 3.48. The number of anilines is 1. The zero-order valence-corrected chi connectivity index (χ0v) is 25.7. The Hall–Kier alpha value is -3.84. The summed E-state index contributed by atoms with van der Waals surface area (Å²) in [6.07, 6.45) is -0.291. The van der Waals surface area contributed by atoms with E-state index in [1.165, 1.54) is 30.6 Å². The van der Waals surface area contributed by atoms with Gasteiger partial charge in [-0.1, -0.05) is 35.5 Å². The summed E-state index contributed by atoms with van der Waals surface area (Å²) in [5.41, 5.74) is 2.33. The molecule has 0 spiro atoms. The highest BCUT2D eigenvalue weighted by atomic mass is 32.1. The van der Waals surface area contributed by atoms with Gasteiger partial charge in [-0.05, 0) is 56.4 Å². The number of aromatic nitrogens is 2. The van der Waals surface area contributed by atoms with Gasteiger partial charge in [-0.3, -0.25) is 0 Å². The molecule has 45 heavy (non-hydrogen) atoms. The molecule has 2 aromatic heterocycles. The number of carbonyl (C=O) groups excluding carboxylic acids is 1. The van der Waals surface area contributed by atoms with Gasteiger partial charge in [0.2, 0.25) is 0 Å². The lowest BCUT2D eigenvalue weighted by atomic mass is 9.89. The lowest BCUT2D eigenvalue weighted by molar-refractivity contribution is -0.274. The van der Waals surface area contributed by atoms with Crippen LogP contribution in [0.1, 0.15) is 66.6 Å². The first kappa shape index (κ1) is 29.8. The van der Waals surface area contributed by atoms with Gasteiger partial charge in [-0.25, -0.2) is 9.78 Å². The lowest BCUT2D eigenvalue weighted by Gasteiger charge is -2.43. The van der Waals surface area contributed by atoms with Gasteiger partial charge < -0.3 is 28.4 Å². The quantitative estimate of drug-likeness (QED) is 0.172. The van der Waals surface area contributed by atoms with Gasteiger partial charge in [0, 0.05) is 35.0 Å². The first-order chi connectivity index (χ1) is 21.6. The number of ether oxygens (including phenoxy) is 4. The molecule has 9 nitrogen and oxygen atoms in total. The number of halogens is 3. The van der Waals surface area contributed by atoms with Crippen LogP contribution in [0, 0.1) is 5.92 Å². The molecular formula is C32H32F3N3O6S. The Kier molecular flexibility index (Phi) is 7.63. The third-order valence-electron chi connectivity index (χ3n) is 9.13. The van der Waals surface area contributed by atoms with Crippen LogP contribution in [0.15, 0.2) is 40.9 Å². The van der Waals surface area contributed by atoms with E-state index in [1.807, 2.05) is 0 Å². The number of rotatable bonds is 9. The van der Waals surface area contributed by atoms with E-state index in [1.54, 1.807) is 31.4 Å². The number of benzene rings is 2. The standard InChI is InChI=1S/C32H32F3N3O6S/c1-16-22-11-10-19(38(22)31-36-28-25(40-2)12-18(30(39)41-3)13-26(28)45-31)14-24(16)42-15-21-27(37-44-29(21)17-8-9-17)20-6-4-5-7-23(20)43-32(33,34)35/h4-7,12-13,16-17,19,22,24H,8-11,14-15H2,1-3H3. The second-order valence-electron chi connectivity index (χ2n) is 11.9. The monoisotopic (exact) mass is 643 g/mol. The van der Waals surface area contributed by atoms with E-state index < -0.39 is 12.3 Å². The molecule has 4 heterocycles. The fourth-order valence-electron chi connectivity index (χ4n) is 6.80. The molecule has 2 saturated heterocycles. The van der Waals surface area contributed by atoms with E-state index in [0.717, 1.165) is 41.9 Å². The molecule has 4 unspecified atom stereocenters. The smallest absolute Gasteiger partial charge is 0.494 e. The molecule has 2 bridgehead atoms. The molecule has 7 rings (SSSR count). The number of methoxy groups -OCH3 is 2. The van der Waals surface area contributed by atoms with Crippen molar-refractivity contribution in [1.29, 1.82) is 0 Å². The van der Waals surface area contributed by atoms with E-state index >= 15 is 0 Å². The van der Waals surface area contributed by atoms with Crippen LogP contribution in [0.3, 0.4) is 0 Å². The summed E-state index contributed by atoms with van der Waals surface area (Å²) in [7, 11) is 2.90. The number of hydrogen-bond donors (Lipinski definition) is 0. The number of fused-ring (bicyclic) bond motifs is 3. The molecule has 0 amide bonds. The van der Waals surface area contributed by atoms with E-state index in [9.17, 15) is 18.0 Å². The fourth-order valence-corrected chi connectivity index (χ4v) is 7.96. The largest absolute Gasteiger partial charge is 0.573 e. The van der Waals surface area contributed by atoms with E-state index in [0.29, 0.717) is 33.8 Å². The van der Waals surface area contributed by atoms with Crippen molar-refractivity contribution in [3.8, 4) is 22.8 Å². The fraction of sp³-hybridized carbons (Fsp3) is 0.469. The first-order valence-electron chi connectivity index (χ1n) is 15.0. The third-order valence-corrected chi connectivity index (χ3v) is 10.1. The van der Waals surface area contributed by atoms with Crippen molar-refractivity contribution in [1.82, 2.24) is 10.1 Å². The minimum Gasteiger partial charge on any atom is -0.494 e. The van der Waals surface area contributed by atoms with Crippen LogP contribution in [-0.2, 0) is 16.1 Å². The maximum Gasteiger partial charge on any atom is 0.573 e. The maximum atomic E-state index is 13.2. The number of nitrogens with zero attached hydrogens (tertiary/aromatic N) is 3. The van der Waals surface area contributed by atoms with Crippen molar-refractivity contribution in [2.24, 2.45) is 5.92 Å². The predicted molar refractivity (Wildman–Crippen MR) is 160 cm³/mol. The van der Waals surface area contributed by atoms with E-state index in [2.05, 4.69) is 21.7 Å². The van der Waals surface area contributed by atoms with Gasteiger partial charge in [-0.2, -0.15) is 0 Å². The summed E-state index contributed by atoms with van der Waals surface area (Å²) in [5, 5.41) is 5.09. The van der Waals surface area contributed by atoms with Crippen LogP contribution in [0.25, 0.3) is 21.5 Å². The lowest BCUT2D eigenvalue weighted by Crippen LogP contribution is -2.51. The van der Waals surface area contributed by atoms with Crippen molar-refractivity contribution in [3.05, 3.63) is 53.3 Å². The highest BCUT2D eigenvalue weighted by molar-refractivity contribution is 7.22. The molecule has 3 fully saturated rings. The minimum atomic E-state index is -4.84. The molecule has 4 aromatic rings. The van der Waals surface area contributed by atoms with Crippen molar-refractivity contribution >= 4 is 32.7 Å². The molecule has 2 aromatic carbocycles. The van der Waals surface area contributed by atoms with E-state index in [4.69, 9.17) is 23.7 Å². The summed E-state index contributed by atoms with van der Waals surface area (Å²) in [6, 6.07) is 9.81. The minimum absolute atomic E-state index is 0.0786. The Bertz CT molecular complexity index is 1730. The highest BCUT2D eigenvalue weighted by Gasteiger charge is 2.47. The Labute approximate surface area is 261 Å². The van der Waals surface area contributed by atoms with Gasteiger partial charge in [-0.15, -0.1) is 13.2 Å². The number of piperidine rings is 1. The van der Waals surface area contributed by atoms with Crippen molar-refractivity contribution in [2.75, 3.05) is 19.1 Å². The number of hydrogen-bond acceptors (Lipinski definition) is 10. The maximum absolute atomic E-state index is 13.2. The molecule has 2 aliphatic heterocycles. The number of para-hydroxylation sites is 1. The Morgan fingerprint density at radius 3 is 2.64 bits per heavy atom. The van der Waals surface area contributed by atoms with Gasteiger partial charge in [0.25, 0.3) is 0 Å². The summed E-state index contributed by atoms with van der Waals surface area (Å²) in [5.74, 6) is 0.771. The Morgan fingerprint density at radius 1 is 1.11 bits per heavy atom. The van der Waals surface area contributed by atoms with Crippen molar-refractivity contribution < 1.29 is 41.4 Å². The topological polar surface area (TPSA) is 96.2 Å². The summed E-state index contributed by atoms with van der Waals surface area (Å²) in [6.45, 7) is 2.35.